The predicted molar refractivity (Wildman–Crippen MR) is 110 cm³/mol. The fourth-order valence-corrected chi connectivity index (χ4v) is 4.37. The average Bonchev–Trinajstić information content (AvgIpc) is 3.05. The van der Waals surface area contributed by atoms with Gasteiger partial charge in [-0.1, -0.05) is 38.1 Å². The normalized spacial score (nSPS) is 12.2. The molecule has 1 N–H and O–H groups in total. The summed E-state index contributed by atoms with van der Waals surface area (Å²) >= 11 is 0. The Morgan fingerprint density at radius 1 is 1.07 bits per heavy atom. The number of phenolic OH excluding ortho intramolecular Hbond substituents is 1. The highest BCUT2D eigenvalue weighted by molar-refractivity contribution is 7.91. The highest BCUT2D eigenvalue weighted by Crippen LogP contribution is 2.32. The number of aromatic nitrogens is 3. The van der Waals surface area contributed by atoms with Gasteiger partial charge in [0, 0.05) is 6.07 Å². The summed E-state index contributed by atoms with van der Waals surface area (Å²) in [6.07, 6.45) is 0. The SMILES string of the molecule is COc1cc(O)c(C)cc1-n1nnc(S(=O)(=O)c2ccc(C(C)(C)C)cc2)c1C. The van der Waals surface area contributed by atoms with Crippen molar-refractivity contribution in [3.05, 3.63) is 53.2 Å². The molecule has 2 aromatic carbocycles. The van der Waals surface area contributed by atoms with E-state index in [1.54, 1.807) is 32.0 Å². The molecule has 7 nitrogen and oxygen atoms in total. The zero-order chi connectivity index (χ0) is 21.6. The van der Waals surface area contributed by atoms with E-state index in [-0.39, 0.29) is 21.1 Å². The maximum absolute atomic E-state index is 13.1. The lowest BCUT2D eigenvalue weighted by Crippen LogP contribution is -2.12. The number of nitrogens with zero attached hydrogens (tertiary/aromatic N) is 3. The second-order valence-electron chi connectivity index (χ2n) is 7.98. The molecule has 3 aromatic rings. The molecule has 0 spiro atoms. The number of phenols is 1. The van der Waals surface area contributed by atoms with Crippen molar-refractivity contribution < 1.29 is 18.3 Å². The quantitative estimate of drug-likeness (QED) is 0.698. The Labute approximate surface area is 170 Å². The van der Waals surface area contributed by atoms with Gasteiger partial charge in [0.1, 0.15) is 17.2 Å². The van der Waals surface area contributed by atoms with E-state index in [2.05, 4.69) is 31.1 Å². The lowest BCUT2D eigenvalue weighted by Gasteiger charge is -2.19. The summed E-state index contributed by atoms with van der Waals surface area (Å²) in [5, 5.41) is 17.8. The van der Waals surface area contributed by atoms with Gasteiger partial charge in [0.15, 0.2) is 0 Å². The Hall–Kier alpha value is -2.87. The molecule has 1 aromatic heterocycles. The molecule has 0 saturated heterocycles. The molecule has 0 bridgehead atoms. The van der Waals surface area contributed by atoms with Gasteiger partial charge in [0.05, 0.1) is 17.7 Å². The van der Waals surface area contributed by atoms with E-state index in [4.69, 9.17) is 4.74 Å². The number of benzene rings is 2. The van der Waals surface area contributed by atoms with E-state index in [1.165, 1.54) is 17.9 Å². The van der Waals surface area contributed by atoms with Crippen molar-refractivity contribution in [3.8, 4) is 17.2 Å². The summed E-state index contributed by atoms with van der Waals surface area (Å²) in [6, 6.07) is 9.97. The topological polar surface area (TPSA) is 94.3 Å². The first-order valence-electron chi connectivity index (χ1n) is 9.12. The van der Waals surface area contributed by atoms with Gasteiger partial charge < -0.3 is 9.84 Å². The number of rotatable bonds is 4. The van der Waals surface area contributed by atoms with Crippen molar-refractivity contribution in [2.24, 2.45) is 0 Å². The molecule has 0 fully saturated rings. The first-order chi connectivity index (χ1) is 13.5. The van der Waals surface area contributed by atoms with Crippen LogP contribution < -0.4 is 4.74 Å². The lowest BCUT2D eigenvalue weighted by atomic mass is 9.87. The molecule has 0 aliphatic rings. The Morgan fingerprint density at radius 3 is 2.24 bits per heavy atom. The number of hydrogen-bond acceptors (Lipinski definition) is 6. The molecular formula is C21H25N3O4S. The minimum Gasteiger partial charge on any atom is -0.508 e. The molecule has 3 rings (SSSR count). The first-order valence-corrected chi connectivity index (χ1v) is 10.6. The van der Waals surface area contributed by atoms with Crippen LogP contribution in [-0.2, 0) is 15.3 Å². The van der Waals surface area contributed by atoms with Gasteiger partial charge in [-0.15, -0.1) is 5.10 Å². The molecule has 0 unspecified atom stereocenters. The Kier molecular flexibility index (Phi) is 5.17. The molecule has 8 heteroatoms. The monoisotopic (exact) mass is 415 g/mol. The second-order valence-corrected chi connectivity index (χ2v) is 9.85. The maximum atomic E-state index is 13.1. The molecule has 0 atom stereocenters. The maximum Gasteiger partial charge on any atom is 0.227 e. The van der Waals surface area contributed by atoms with Crippen molar-refractivity contribution in [3.63, 3.8) is 0 Å². The van der Waals surface area contributed by atoms with E-state index in [9.17, 15) is 13.5 Å². The largest absolute Gasteiger partial charge is 0.508 e. The van der Waals surface area contributed by atoms with Gasteiger partial charge in [-0.25, -0.2) is 13.1 Å². The van der Waals surface area contributed by atoms with Crippen LogP contribution in [0.25, 0.3) is 5.69 Å². The Balaban J connectivity index is 2.09. The number of hydrogen-bond donors (Lipinski definition) is 1. The molecule has 29 heavy (non-hydrogen) atoms. The van der Waals surface area contributed by atoms with Gasteiger partial charge in [-0.05, 0) is 48.6 Å². The van der Waals surface area contributed by atoms with Crippen molar-refractivity contribution in [2.75, 3.05) is 7.11 Å². The van der Waals surface area contributed by atoms with Gasteiger partial charge in [-0.2, -0.15) is 0 Å². The zero-order valence-electron chi connectivity index (χ0n) is 17.4. The van der Waals surface area contributed by atoms with Gasteiger partial charge in [-0.3, -0.25) is 0 Å². The summed E-state index contributed by atoms with van der Waals surface area (Å²) in [7, 11) is -2.38. The summed E-state index contributed by atoms with van der Waals surface area (Å²) in [5.41, 5.74) is 2.43. The highest BCUT2D eigenvalue weighted by Gasteiger charge is 2.27. The van der Waals surface area contributed by atoms with Crippen LogP contribution >= 0.6 is 0 Å². The van der Waals surface area contributed by atoms with Crippen LogP contribution in [0.4, 0.5) is 0 Å². The molecule has 0 radical (unpaired) electrons. The van der Waals surface area contributed by atoms with E-state index in [0.717, 1.165) is 5.56 Å². The third-order valence-electron chi connectivity index (χ3n) is 4.86. The molecular weight excluding hydrogens is 390 g/mol. The van der Waals surface area contributed by atoms with Crippen molar-refractivity contribution in [2.45, 2.75) is 50.0 Å². The predicted octanol–water partition coefficient (Wildman–Crippen LogP) is 3.73. The molecule has 0 amide bonds. The number of ether oxygens (including phenoxy) is 1. The summed E-state index contributed by atoms with van der Waals surface area (Å²) < 4.78 is 33.0. The van der Waals surface area contributed by atoms with Crippen LogP contribution in [0.3, 0.4) is 0 Å². The fourth-order valence-electron chi connectivity index (χ4n) is 3.03. The minimum atomic E-state index is -3.84. The van der Waals surface area contributed by atoms with E-state index < -0.39 is 9.84 Å². The summed E-state index contributed by atoms with van der Waals surface area (Å²) in [6.45, 7) is 9.58. The van der Waals surface area contributed by atoms with Crippen LogP contribution in [0.15, 0.2) is 46.3 Å². The fraction of sp³-hybridized carbons (Fsp3) is 0.333. The summed E-state index contributed by atoms with van der Waals surface area (Å²) in [5.74, 6) is 0.440. The van der Waals surface area contributed by atoms with E-state index >= 15 is 0 Å². The van der Waals surface area contributed by atoms with Crippen LogP contribution in [0.2, 0.25) is 0 Å². The van der Waals surface area contributed by atoms with E-state index in [0.29, 0.717) is 22.7 Å². The average molecular weight is 416 g/mol. The Morgan fingerprint density at radius 2 is 1.69 bits per heavy atom. The summed E-state index contributed by atoms with van der Waals surface area (Å²) in [4.78, 5) is 0.162. The number of aromatic hydroxyl groups is 1. The smallest absolute Gasteiger partial charge is 0.227 e. The van der Waals surface area contributed by atoms with Crippen LogP contribution in [-0.4, -0.2) is 35.6 Å². The third-order valence-corrected chi connectivity index (χ3v) is 6.64. The number of sulfone groups is 1. The van der Waals surface area contributed by atoms with Crippen molar-refractivity contribution >= 4 is 9.84 Å². The molecule has 0 aliphatic heterocycles. The Bertz CT molecular complexity index is 1160. The third kappa shape index (κ3) is 3.72. The van der Waals surface area contributed by atoms with Crippen molar-refractivity contribution in [1.29, 1.82) is 0 Å². The zero-order valence-corrected chi connectivity index (χ0v) is 18.2. The van der Waals surface area contributed by atoms with Gasteiger partial charge in [0.25, 0.3) is 0 Å². The molecule has 1 heterocycles. The van der Waals surface area contributed by atoms with Gasteiger partial charge in [0.2, 0.25) is 14.9 Å². The number of aryl methyl sites for hydroxylation is 1. The second kappa shape index (κ2) is 7.18. The minimum absolute atomic E-state index is 0.0748. The lowest BCUT2D eigenvalue weighted by molar-refractivity contribution is 0.403. The molecule has 0 aliphatic carbocycles. The van der Waals surface area contributed by atoms with Crippen LogP contribution in [0.1, 0.15) is 37.6 Å². The van der Waals surface area contributed by atoms with Crippen LogP contribution in [0, 0.1) is 13.8 Å². The van der Waals surface area contributed by atoms with Crippen molar-refractivity contribution in [1.82, 2.24) is 15.0 Å². The molecule has 154 valence electrons. The first kappa shape index (κ1) is 20.9. The highest BCUT2D eigenvalue weighted by atomic mass is 32.2. The van der Waals surface area contributed by atoms with Gasteiger partial charge >= 0.3 is 0 Å². The molecule has 0 saturated carbocycles. The standard InChI is InChI=1S/C21H25N3O4S/c1-13-11-17(19(28-6)12-18(13)25)24-14(2)20(22-23-24)29(26,27)16-9-7-15(8-10-16)21(3,4)5/h7-12,25H,1-6H3. The van der Waals surface area contributed by atoms with E-state index in [1.807, 2.05) is 12.1 Å². The van der Waals surface area contributed by atoms with Crippen LogP contribution in [0.5, 0.6) is 11.5 Å². The number of methoxy groups -OCH3 is 1.